The van der Waals surface area contributed by atoms with Gasteiger partial charge in [-0.15, -0.1) is 0 Å². The van der Waals surface area contributed by atoms with Crippen LogP contribution in [-0.4, -0.2) is 48.5 Å². The van der Waals surface area contributed by atoms with Crippen molar-refractivity contribution in [3.05, 3.63) is 30.3 Å². The number of hydrogen-bond acceptors (Lipinski definition) is 5. The van der Waals surface area contributed by atoms with E-state index in [9.17, 15) is 9.90 Å². The zero-order valence-corrected chi connectivity index (χ0v) is 9.10. The quantitative estimate of drug-likeness (QED) is 0.505. The number of benzene rings is 1. The number of hydrogen-bond donors (Lipinski definition) is 2. The number of aliphatic hydroxyl groups is 2. The van der Waals surface area contributed by atoms with Crippen LogP contribution in [0.4, 0.5) is 0 Å². The van der Waals surface area contributed by atoms with E-state index in [1.807, 2.05) is 18.2 Å². The van der Waals surface area contributed by atoms with Crippen LogP contribution in [0.1, 0.15) is 0 Å². The summed E-state index contributed by atoms with van der Waals surface area (Å²) < 4.78 is 10.7. The maximum absolute atomic E-state index is 10.8. The molecule has 1 aromatic carbocycles. The summed E-state index contributed by atoms with van der Waals surface area (Å²) in [7, 11) is -0.744. The fraction of sp³-hybridized carbons (Fsp3) is 0.364. The maximum Gasteiger partial charge on any atom is 0.494 e. The maximum atomic E-state index is 10.8. The molecule has 0 bridgehead atoms. The molecule has 0 radical (unpaired) electrons. The second-order valence-corrected chi connectivity index (χ2v) is 3.83. The minimum atomic E-state index is -1.14. The van der Waals surface area contributed by atoms with Gasteiger partial charge in [0.25, 0.3) is 0 Å². The summed E-state index contributed by atoms with van der Waals surface area (Å²) in [6, 6.07) is 9.06. The molecule has 0 aromatic heterocycles. The van der Waals surface area contributed by atoms with Gasteiger partial charge in [0.2, 0.25) is 0 Å². The molecule has 1 aromatic rings. The smallest absolute Gasteiger partial charge is 0.399 e. The molecule has 1 aliphatic heterocycles. The molecule has 17 heavy (non-hydrogen) atoms. The fourth-order valence-electron chi connectivity index (χ4n) is 1.74. The third kappa shape index (κ3) is 2.55. The van der Waals surface area contributed by atoms with Crippen molar-refractivity contribution < 1.29 is 24.3 Å². The van der Waals surface area contributed by atoms with E-state index >= 15 is 0 Å². The first-order valence-electron chi connectivity index (χ1n) is 5.36. The van der Waals surface area contributed by atoms with Gasteiger partial charge in [-0.2, -0.15) is 0 Å². The van der Waals surface area contributed by atoms with Crippen molar-refractivity contribution in [3.8, 4) is 0 Å². The Balaban J connectivity index is 2.17. The highest BCUT2D eigenvalue weighted by Crippen LogP contribution is 2.15. The van der Waals surface area contributed by atoms with Crippen molar-refractivity contribution in [1.29, 1.82) is 0 Å². The zero-order valence-electron chi connectivity index (χ0n) is 9.10. The third-order valence-electron chi connectivity index (χ3n) is 2.68. The molecule has 0 aliphatic carbocycles. The summed E-state index contributed by atoms with van der Waals surface area (Å²) in [5, 5.41) is 18.7. The van der Waals surface area contributed by atoms with Crippen molar-refractivity contribution >= 4 is 18.9 Å². The highest BCUT2D eigenvalue weighted by molar-refractivity contribution is 6.61. The van der Waals surface area contributed by atoms with Crippen LogP contribution in [0, 0.1) is 0 Å². The van der Waals surface area contributed by atoms with Crippen LogP contribution in [-0.2, 0) is 14.1 Å². The van der Waals surface area contributed by atoms with Crippen LogP contribution in [0.5, 0.6) is 0 Å². The minimum absolute atomic E-state index is 0.363. The molecule has 1 saturated heterocycles. The highest BCUT2D eigenvalue weighted by atomic mass is 16.6. The molecule has 5 nitrogen and oxygen atoms in total. The van der Waals surface area contributed by atoms with Crippen LogP contribution in [0.25, 0.3) is 0 Å². The summed E-state index contributed by atoms with van der Waals surface area (Å²) in [5.41, 5.74) is 0.740. The molecular formula is C11H13BO5. The van der Waals surface area contributed by atoms with Gasteiger partial charge in [0.15, 0.2) is 0 Å². The highest BCUT2D eigenvalue weighted by Gasteiger charge is 2.41. The Morgan fingerprint density at radius 2 is 2.00 bits per heavy atom. The van der Waals surface area contributed by atoms with E-state index in [2.05, 4.69) is 0 Å². The first kappa shape index (κ1) is 12.3. The van der Waals surface area contributed by atoms with Gasteiger partial charge >= 0.3 is 7.12 Å². The average Bonchev–Trinajstić information content (AvgIpc) is 2.40. The lowest BCUT2D eigenvalue weighted by atomic mass is 9.76. The van der Waals surface area contributed by atoms with Crippen LogP contribution in [0.15, 0.2) is 30.3 Å². The molecule has 6 heteroatoms. The molecule has 0 saturated carbocycles. The Kier molecular flexibility index (Phi) is 3.91. The molecule has 1 fully saturated rings. The Morgan fingerprint density at radius 1 is 1.29 bits per heavy atom. The monoisotopic (exact) mass is 236 g/mol. The fourth-order valence-corrected chi connectivity index (χ4v) is 1.74. The number of rotatable bonds is 3. The number of aliphatic hydroxyl groups excluding tert-OH is 2. The molecular weight excluding hydrogens is 223 g/mol. The predicted molar refractivity (Wildman–Crippen MR) is 60.7 cm³/mol. The summed E-state index contributed by atoms with van der Waals surface area (Å²) in [4.78, 5) is 10.8. The molecule has 1 aliphatic rings. The molecule has 90 valence electrons. The number of carbonyl (C=O) groups is 1. The Hall–Kier alpha value is -1.21. The molecule has 0 unspecified atom stereocenters. The van der Waals surface area contributed by atoms with Gasteiger partial charge in [-0.3, -0.25) is 0 Å². The summed E-state index contributed by atoms with van der Waals surface area (Å²) in [6.07, 6.45) is -2.42. The normalized spacial score (nSPS) is 29.1. The minimum Gasteiger partial charge on any atom is -0.399 e. The molecule has 0 spiro atoms. The summed E-state index contributed by atoms with van der Waals surface area (Å²) in [5.74, 6) is 0. The molecule has 2 N–H and O–H groups in total. The van der Waals surface area contributed by atoms with Gasteiger partial charge < -0.3 is 24.3 Å². The van der Waals surface area contributed by atoms with Crippen molar-refractivity contribution in [2.45, 2.75) is 18.3 Å². The van der Waals surface area contributed by atoms with Crippen molar-refractivity contribution in [2.24, 2.45) is 0 Å². The zero-order chi connectivity index (χ0) is 12.3. The van der Waals surface area contributed by atoms with E-state index in [0.29, 0.717) is 6.29 Å². The van der Waals surface area contributed by atoms with Gasteiger partial charge in [0, 0.05) is 0 Å². The van der Waals surface area contributed by atoms with Crippen molar-refractivity contribution in [3.63, 3.8) is 0 Å². The summed E-state index contributed by atoms with van der Waals surface area (Å²) in [6.45, 7) is -0.363. The number of carbonyl (C=O) groups excluding carboxylic acids is 1. The Morgan fingerprint density at radius 3 is 2.59 bits per heavy atom. The molecule has 1 heterocycles. The number of aldehydes is 1. The van der Waals surface area contributed by atoms with Crippen LogP contribution >= 0.6 is 0 Å². The van der Waals surface area contributed by atoms with E-state index in [1.54, 1.807) is 12.1 Å². The van der Waals surface area contributed by atoms with Crippen LogP contribution in [0.3, 0.4) is 0 Å². The average molecular weight is 236 g/mol. The van der Waals surface area contributed by atoms with E-state index in [-0.39, 0.29) is 6.61 Å². The molecule has 0 amide bonds. The van der Waals surface area contributed by atoms with Gasteiger partial charge in [0.05, 0.1) is 12.7 Å². The third-order valence-corrected chi connectivity index (χ3v) is 2.68. The van der Waals surface area contributed by atoms with E-state index in [0.717, 1.165) is 5.46 Å². The standard InChI is InChI=1S/C11H13BO5/c13-6-9-11(15)10(7-14)17-12(16-9)8-4-2-1-3-5-8/h1-6,9-11,14-15H,7H2/t9-,10+,11-/m0/s1. The lowest BCUT2D eigenvalue weighted by Gasteiger charge is -2.35. The summed E-state index contributed by atoms with van der Waals surface area (Å²) >= 11 is 0. The molecule has 2 rings (SSSR count). The van der Waals surface area contributed by atoms with E-state index in [1.165, 1.54) is 0 Å². The van der Waals surface area contributed by atoms with Gasteiger partial charge in [0.1, 0.15) is 18.5 Å². The van der Waals surface area contributed by atoms with Gasteiger partial charge in [-0.25, -0.2) is 0 Å². The Labute approximate surface area is 99.1 Å². The second-order valence-electron chi connectivity index (χ2n) is 3.83. The van der Waals surface area contributed by atoms with Gasteiger partial charge in [-0.05, 0) is 5.46 Å². The molecule has 3 atom stereocenters. The van der Waals surface area contributed by atoms with Crippen molar-refractivity contribution in [2.75, 3.05) is 6.61 Å². The predicted octanol–water partition coefficient (Wildman–Crippen LogP) is -1.28. The lowest BCUT2D eigenvalue weighted by molar-refractivity contribution is -0.136. The first-order chi connectivity index (χ1) is 8.26. The SMILES string of the molecule is O=C[C@@H]1OB(c2ccccc2)O[C@H](CO)[C@H]1O. The van der Waals surface area contributed by atoms with Crippen molar-refractivity contribution in [1.82, 2.24) is 0 Å². The lowest BCUT2D eigenvalue weighted by Crippen LogP contribution is -2.57. The van der Waals surface area contributed by atoms with Crippen LogP contribution in [0.2, 0.25) is 0 Å². The van der Waals surface area contributed by atoms with Crippen LogP contribution < -0.4 is 5.46 Å². The largest absolute Gasteiger partial charge is 0.494 e. The topological polar surface area (TPSA) is 76.0 Å². The van der Waals surface area contributed by atoms with E-state index < -0.39 is 25.4 Å². The first-order valence-corrected chi connectivity index (χ1v) is 5.36. The second kappa shape index (κ2) is 5.42. The van der Waals surface area contributed by atoms with E-state index in [4.69, 9.17) is 14.4 Å². The van der Waals surface area contributed by atoms with Gasteiger partial charge in [-0.1, -0.05) is 30.3 Å². The Bertz CT molecular complexity index is 371.